The van der Waals surface area contributed by atoms with E-state index in [0.717, 1.165) is 0 Å². The number of nitrogens with two attached hydrogens (primary N) is 1. The summed E-state index contributed by atoms with van der Waals surface area (Å²) in [7, 11) is 0. The molecule has 11 nitrogen and oxygen atoms in total. The van der Waals surface area contributed by atoms with Crippen molar-refractivity contribution < 1.29 is 34.5 Å². The Bertz CT molecular complexity index is 534. The Hall–Kier alpha value is -1.89. The molecule has 0 aromatic rings. The smallest absolute Gasteiger partial charge is 0.328 e. The standard InChI is InChI=1S/C15H28N4O7S/c1-3-7(2)11(14(24)18-10(5-21)15(25)26)19-13(23)9(4-20)17-12(22)8(16)6-27/h7-11,20-21,27H,3-6,16H2,1-2H3,(H,17,22)(H,18,24)(H,19,23)(H,25,26). The number of aliphatic hydroxyl groups excluding tert-OH is 2. The fourth-order valence-electron chi connectivity index (χ4n) is 1.96. The second kappa shape index (κ2) is 12.5. The summed E-state index contributed by atoms with van der Waals surface area (Å²) >= 11 is 3.87. The van der Waals surface area contributed by atoms with Gasteiger partial charge in [-0.1, -0.05) is 20.3 Å². The molecule has 0 aromatic carbocycles. The van der Waals surface area contributed by atoms with Gasteiger partial charge < -0.3 is 37.0 Å². The number of carbonyl (C=O) groups is 4. The summed E-state index contributed by atoms with van der Waals surface area (Å²) < 4.78 is 0. The van der Waals surface area contributed by atoms with E-state index < -0.39 is 67.0 Å². The molecule has 0 spiro atoms. The largest absolute Gasteiger partial charge is 0.480 e. The number of hydrogen-bond donors (Lipinski definition) is 8. The van der Waals surface area contributed by atoms with E-state index in [1.165, 1.54) is 0 Å². The number of aliphatic carboxylic acids is 1. The van der Waals surface area contributed by atoms with Crippen LogP contribution in [0, 0.1) is 5.92 Å². The van der Waals surface area contributed by atoms with Gasteiger partial charge in [-0.25, -0.2) is 4.79 Å². The van der Waals surface area contributed by atoms with Crippen LogP contribution in [0.25, 0.3) is 0 Å². The van der Waals surface area contributed by atoms with E-state index in [9.17, 15) is 24.3 Å². The minimum atomic E-state index is -1.53. The first-order chi connectivity index (χ1) is 12.6. The number of aliphatic hydroxyl groups is 2. The number of carboxylic acid groups (broad SMARTS) is 1. The molecule has 0 bridgehead atoms. The maximum atomic E-state index is 12.4. The first-order valence-corrected chi connectivity index (χ1v) is 8.98. The van der Waals surface area contributed by atoms with Gasteiger partial charge >= 0.3 is 5.97 Å². The lowest BCUT2D eigenvalue weighted by atomic mass is 9.97. The maximum Gasteiger partial charge on any atom is 0.328 e. The molecular weight excluding hydrogens is 380 g/mol. The number of rotatable bonds is 12. The predicted octanol–water partition coefficient (Wildman–Crippen LogP) is -3.19. The average Bonchev–Trinajstić information content (AvgIpc) is 2.65. The molecule has 0 saturated carbocycles. The van der Waals surface area contributed by atoms with E-state index in [0.29, 0.717) is 6.42 Å². The first-order valence-electron chi connectivity index (χ1n) is 8.34. The fourth-order valence-corrected chi connectivity index (χ4v) is 2.12. The second-order valence-electron chi connectivity index (χ2n) is 5.99. The summed E-state index contributed by atoms with van der Waals surface area (Å²) in [4.78, 5) is 47.4. The molecule has 0 heterocycles. The van der Waals surface area contributed by atoms with Gasteiger partial charge in [0, 0.05) is 5.75 Å². The Balaban J connectivity index is 5.20. The molecule has 3 amide bonds. The molecule has 27 heavy (non-hydrogen) atoms. The van der Waals surface area contributed by atoms with Crippen LogP contribution in [-0.2, 0) is 19.2 Å². The number of carbonyl (C=O) groups excluding carboxylic acids is 3. The molecular formula is C15H28N4O7S. The minimum absolute atomic E-state index is 0.0290. The number of hydrogen-bond acceptors (Lipinski definition) is 8. The van der Waals surface area contributed by atoms with Crippen LogP contribution in [0.3, 0.4) is 0 Å². The summed E-state index contributed by atoms with van der Waals surface area (Å²) in [5.41, 5.74) is 5.49. The van der Waals surface area contributed by atoms with Crippen molar-refractivity contribution in [1.29, 1.82) is 0 Å². The van der Waals surface area contributed by atoms with Gasteiger partial charge in [0.25, 0.3) is 0 Å². The molecule has 0 saturated heterocycles. The predicted molar refractivity (Wildman–Crippen MR) is 98.9 cm³/mol. The Morgan fingerprint density at radius 1 is 0.963 bits per heavy atom. The Morgan fingerprint density at radius 2 is 1.48 bits per heavy atom. The van der Waals surface area contributed by atoms with Crippen molar-refractivity contribution in [3.05, 3.63) is 0 Å². The average molecular weight is 408 g/mol. The Labute approximate surface area is 162 Å². The van der Waals surface area contributed by atoms with Gasteiger partial charge in [-0.2, -0.15) is 12.6 Å². The van der Waals surface area contributed by atoms with Crippen LogP contribution in [0.5, 0.6) is 0 Å². The molecule has 12 heteroatoms. The van der Waals surface area contributed by atoms with Crippen molar-refractivity contribution in [1.82, 2.24) is 16.0 Å². The number of thiol groups is 1. The van der Waals surface area contributed by atoms with E-state index in [2.05, 4.69) is 28.6 Å². The van der Waals surface area contributed by atoms with Gasteiger partial charge in [0.2, 0.25) is 17.7 Å². The van der Waals surface area contributed by atoms with Crippen molar-refractivity contribution in [2.75, 3.05) is 19.0 Å². The van der Waals surface area contributed by atoms with Crippen molar-refractivity contribution in [3.63, 3.8) is 0 Å². The lowest BCUT2D eigenvalue weighted by molar-refractivity contribution is -0.143. The van der Waals surface area contributed by atoms with Crippen LogP contribution < -0.4 is 21.7 Å². The van der Waals surface area contributed by atoms with Gasteiger partial charge in [0.05, 0.1) is 19.3 Å². The number of carboxylic acids is 1. The van der Waals surface area contributed by atoms with Crippen LogP contribution in [0.4, 0.5) is 0 Å². The van der Waals surface area contributed by atoms with E-state index in [4.69, 9.17) is 15.9 Å². The lowest BCUT2D eigenvalue weighted by Crippen LogP contribution is -2.59. The fraction of sp³-hybridized carbons (Fsp3) is 0.733. The summed E-state index contributed by atoms with van der Waals surface area (Å²) in [5.74, 6) is -4.14. The molecule has 156 valence electrons. The van der Waals surface area contributed by atoms with Crippen LogP contribution in [0.15, 0.2) is 0 Å². The highest BCUT2D eigenvalue weighted by molar-refractivity contribution is 7.80. The van der Waals surface area contributed by atoms with E-state index in [1.807, 2.05) is 0 Å². The zero-order chi connectivity index (χ0) is 21.1. The summed E-state index contributed by atoms with van der Waals surface area (Å²) in [6.45, 7) is 1.86. The Morgan fingerprint density at radius 3 is 1.89 bits per heavy atom. The monoisotopic (exact) mass is 408 g/mol. The lowest BCUT2D eigenvalue weighted by Gasteiger charge is -2.27. The molecule has 0 fully saturated rings. The zero-order valence-corrected chi connectivity index (χ0v) is 16.1. The van der Waals surface area contributed by atoms with E-state index >= 15 is 0 Å². The Kier molecular flexibility index (Phi) is 11.6. The van der Waals surface area contributed by atoms with Crippen LogP contribution in [0.1, 0.15) is 20.3 Å². The molecule has 0 aliphatic carbocycles. The quantitative estimate of drug-likeness (QED) is 0.155. The molecule has 5 unspecified atom stereocenters. The topological polar surface area (TPSA) is 191 Å². The first kappa shape index (κ1) is 25.1. The van der Waals surface area contributed by atoms with Crippen LogP contribution >= 0.6 is 12.6 Å². The van der Waals surface area contributed by atoms with Gasteiger partial charge in [0.1, 0.15) is 18.1 Å². The van der Waals surface area contributed by atoms with Crippen molar-refractivity contribution in [3.8, 4) is 0 Å². The zero-order valence-electron chi connectivity index (χ0n) is 15.2. The molecule has 8 N–H and O–H groups in total. The SMILES string of the molecule is CCC(C)C(NC(=O)C(CO)NC(=O)C(N)CS)C(=O)NC(CO)C(=O)O. The minimum Gasteiger partial charge on any atom is -0.480 e. The van der Waals surface area contributed by atoms with Crippen LogP contribution in [-0.4, -0.2) is 82.1 Å². The van der Waals surface area contributed by atoms with Gasteiger partial charge in [-0.3, -0.25) is 14.4 Å². The summed E-state index contributed by atoms with van der Waals surface area (Å²) in [5, 5.41) is 34.1. The highest BCUT2D eigenvalue weighted by atomic mass is 32.1. The van der Waals surface area contributed by atoms with Crippen molar-refractivity contribution >= 4 is 36.3 Å². The number of amides is 3. The molecule has 0 aliphatic heterocycles. The van der Waals surface area contributed by atoms with Crippen LogP contribution in [0.2, 0.25) is 0 Å². The summed E-state index contributed by atoms with van der Waals surface area (Å²) in [6.07, 6.45) is 0.468. The highest BCUT2D eigenvalue weighted by Crippen LogP contribution is 2.09. The third-order valence-corrected chi connectivity index (χ3v) is 4.33. The van der Waals surface area contributed by atoms with Gasteiger partial charge in [-0.15, -0.1) is 0 Å². The van der Waals surface area contributed by atoms with Gasteiger partial charge in [0.15, 0.2) is 0 Å². The summed E-state index contributed by atoms with van der Waals surface area (Å²) in [6, 6.07) is -5.00. The number of nitrogens with one attached hydrogen (secondary N) is 3. The molecule has 0 rings (SSSR count). The second-order valence-corrected chi connectivity index (χ2v) is 6.35. The third-order valence-electron chi connectivity index (χ3n) is 3.94. The molecule has 5 atom stereocenters. The van der Waals surface area contributed by atoms with E-state index in [-0.39, 0.29) is 5.75 Å². The van der Waals surface area contributed by atoms with Crippen molar-refractivity contribution in [2.45, 2.75) is 44.4 Å². The molecule has 0 aliphatic rings. The van der Waals surface area contributed by atoms with Gasteiger partial charge in [-0.05, 0) is 5.92 Å². The highest BCUT2D eigenvalue weighted by Gasteiger charge is 2.32. The molecule has 0 radical (unpaired) electrons. The van der Waals surface area contributed by atoms with E-state index in [1.54, 1.807) is 13.8 Å². The maximum absolute atomic E-state index is 12.4. The van der Waals surface area contributed by atoms with Crippen molar-refractivity contribution in [2.24, 2.45) is 11.7 Å². The third kappa shape index (κ3) is 8.12. The molecule has 0 aromatic heterocycles. The normalized spacial score (nSPS) is 16.4.